The summed E-state index contributed by atoms with van der Waals surface area (Å²) in [6, 6.07) is 17.3. The summed E-state index contributed by atoms with van der Waals surface area (Å²) in [6.45, 7) is 1.54. The molecule has 0 spiro atoms. The molecule has 0 bridgehead atoms. The van der Waals surface area contributed by atoms with E-state index in [0.717, 1.165) is 17.7 Å². The van der Waals surface area contributed by atoms with Crippen LogP contribution in [0.2, 0.25) is 0 Å². The summed E-state index contributed by atoms with van der Waals surface area (Å²) in [6.07, 6.45) is -0.100. The van der Waals surface area contributed by atoms with E-state index in [9.17, 15) is 5.11 Å². The smallest absolute Gasteiger partial charge is 0.115 e. The highest BCUT2D eigenvalue weighted by atomic mass is 16.5. The minimum atomic E-state index is -0.100. The lowest BCUT2D eigenvalue weighted by Gasteiger charge is -2.20. The molecule has 0 unspecified atom stereocenters. The van der Waals surface area contributed by atoms with Gasteiger partial charge in [0.05, 0.1) is 6.61 Å². The molecule has 0 saturated heterocycles. The van der Waals surface area contributed by atoms with Gasteiger partial charge in [0.25, 0.3) is 0 Å². The van der Waals surface area contributed by atoms with Gasteiger partial charge in [0, 0.05) is 6.54 Å². The summed E-state index contributed by atoms with van der Waals surface area (Å²) >= 11 is 0. The van der Waals surface area contributed by atoms with Crippen molar-refractivity contribution in [2.45, 2.75) is 6.10 Å². The summed E-state index contributed by atoms with van der Waals surface area (Å²) in [5.41, 5.74) is 2.17. The highest BCUT2D eigenvalue weighted by molar-refractivity contribution is 5.33. The third-order valence-electron chi connectivity index (χ3n) is 3.12. The zero-order valence-electron chi connectivity index (χ0n) is 12.0. The lowest BCUT2D eigenvalue weighted by molar-refractivity contribution is 0.0687. The second-order valence-electron chi connectivity index (χ2n) is 5.06. The predicted molar refractivity (Wildman–Crippen MR) is 80.9 cm³/mol. The Hall–Kier alpha value is -1.84. The van der Waals surface area contributed by atoms with Gasteiger partial charge in [-0.2, -0.15) is 0 Å². The van der Waals surface area contributed by atoms with Crippen LogP contribution in [0, 0.1) is 0 Å². The summed E-state index contributed by atoms with van der Waals surface area (Å²) < 4.78 is 6.04. The van der Waals surface area contributed by atoms with Crippen molar-refractivity contribution in [3.63, 3.8) is 0 Å². The van der Waals surface area contributed by atoms with Crippen molar-refractivity contribution >= 4 is 0 Å². The Morgan fingerprint density at radius 1 is 0.950 bits per heavy atom. The van der Waals surface area contributed by atoms with Gasteiger partial charge in [-0.3, -0.25) is 0 Å². The van der Waals surface area contributed by atoms with Crippen LogP contribution in [0.5, 0.6) is 5.75 Å². The van der Waals surface area contributed by atoms with Crippen molar-refractivity contribution < 1.29 is 9.84 Å². The van der Waals surface area contributed by atoms with Gasteiger partial charge in [-0.05, 0) is 37.4 Å². The van der Waals surface area contributed by atoms with Crippen LogP contribution in [0.3, 0.4) is 0 Å². The number of ether oxygens (including phenoxy) is 1. The summed E-state index contributed by atoms with van der Waals surface area (Å²) in [7, 11) is 4.06. The fourth-order valence-corrected chi connectivity index (χ4v) is 2.01. The number of hydrogen-bond acceptors (Lipinski definition) is 3. The van der Waals surface area contributed by atoms with E-state index in [1.807, 2.05) is 44.4 Å². The predicted octanol–water partition coefficient (Wildman–Crippen LogP) is 3.06. The second kappa shape index (κ2) is 7.08. The Morgan fingerprint density at radius 2 is 1.55 bits per heavy atom. The maximum Gasteiger partial charge on any atom is 0.115 e. The highest BCUT2D eigenvalue weighted by Crippen LogP contribution is 2.27. The number of likely N-dealkylation sites (N-methyl/N-ethyl adjacent to an activating group) is 1. The molecule has 3 heteroatoms. The lowest BCUT2D eigenvalue weighted by Crippen LogP contribution is -2.20. The normalized spacial score (nSPS) is 12.6. The van der Waals surface area contributed by atoms with Crippen LogP contribution in [0.15, 0.2) is 54.6 Å². The molecule has 0 aliphatic rings. The minimum absolute atomic E-state index is 0.100. The SMILES string of the molecule is CN(C)CCO[C@H](c1ccccc1)c1ccc(O)cc1. The maximum absolute atomic E-state index is 9.41. The average Bonchev–Trinajstić information content (AvgIpc) is 2.46. The number of benzene rings is 2. The van der Waals surface area contributed by atoms with Crippen LogP contribution in [-0.2, 0) is 4.74 Å². The van der Waals surface area contributed by atoms with Crippen molar-refractivity contribution in [3.05, 3.63) is 65.7 Å². The molecule has 1 atom stereocenters. The molecule has 0 aromatic heterocycles. The average molecular weight is 271 g/mol. The first kappa shape index (κ1) is 14.6. The van der Waals surface area contributed by atoms with Crippen LogP contribution in [0.4, 0.5) is 0 Å². The van der Waals surface area contributed by atoms with Gasteiger partial charge >= 0.3 is 0 Å². The Balaban J connectivity index is 2.18. The van der Waals surface area contributed by atoms with E-state index in [0.29, 0.717) is 6.61 Å². The van der Waals surface area contributed by atoms with Gasteiger partial charge in [0.2, 0.25) is 0 Å². The molecule has 0 aliphatic carbocycles. The monoisotopic (exact) mass is 271 g/mol. The van der Waals surface area contributed by atoms with E-state index < -0.39 is 0 Å². The topological polar surface area (TPSA) is 32.7 Å². The molecule has 0 radical (unpaired) electrons. The largest absolute Gasteiger partial charge is 0.508 e. The number of phenolic OH excluding ortho intramolecular Hbond substituents is 1. The number of hydrogen-bond donors (Lipinski definition) is 1. The number of nitrogens with zero attached hydrogens (tertiary/aromatic N) is 1. The Kier molecular flexibility index (Phi) is 5.16. The second-order valence-corrected chi connectivity index (χ2v) is 5.06. The zero-order chi connectivity index (χ0) is 14.4. The number of phenols is 1. The van der Waals surface area contributed by atoms with E-state index in [-0.39, 0.29) is 11.9 Å². The standard InChI is InChI=1S/C17H21NO2/c1-18(2)12-13-20-17(14-6-4-3-5-7-14)15-8-10-16(19)11-9-15/h3-11,17,19H,12-13H2,1-2H3/t17-/m1/s1. The van der Waals surface area contributed by atoms with Crippen LogP contribution < -0.4 is 0 Å². The van der Waals surface area contributed by atoms with Crippen molar-refractivity contribution in [2.75, 3.05) is 27.2 Å². The van der Waals surface area contributed by atoms with E-state index in [1.165, 1.54) is 0 Å². The molecule has 0 aliphatic heterocycles. The van der Waals surface area contributed by atoms with E-state index in [1.54, 1.807) is 12.1 Å². The highest BCUT2D eigenvalue weighted by Gasteiger charge is 2.14. The van der Waals surface area contributed by atoms with Gasteiger partial charge in [-0.25, -0.2) is 0 Å². The summed E-state index contributed by atoms with van der Waals surface area (Å²) in [5, 5.41) is 9.41. The Labute approximate surface area is 120 Å². The van der Waals surface area contributed by atoms with Gasteiger partial charge in [0.1, 0.15) is 11.9 Å². The molecule has 0 amide bonds. The molecule has 1 N–H and O–H groups in total. The van der Waals surface area contributed by atoms with Crippen LogP contribution in [0.25, 0.3) is 0 Å². The lowest BCUT2D eigenvalue weighted by atomic mass is 10.0. The molecule has 0 fully saturated rings. The van der Waals surface area contributed by atoms with Gasteiger partial charge < -0.3 is 14.7 Å². The molecule has 2 aromatic rings. The first-order valence-corrected chi connectivity index (χ1v) is 6.77. The molecule has 106 valence electrons. The van der Waals surface area contributed by atoms with Gasteiger partial charge in [-0.15, -0.1) is 0 Å². The van der Waals surface area contributed by atoms with Crippen LogP contribution in [0.1, 0.15) is 17.2 Å². The van der Waals surface area contributed by atoms with E-state index in [4.69, 9.17) is 4.74 Å². The molecule has 3 nitrogen and oxygen atoms in total. The zero-order valence-corrected chi connectivity index (χ0v) is 12.0. The fraction of sp³-hybridized carbons (Fsp3) is 0.294. The minimum Gasteiger partial charge on any atom is -0.508 e. The van der Waals surface area contributed by atoms with Crippen molar-refractivity contribution in [2.24, 2.45) is 0 Å². The summed E-state index contributed by atoms with van der Waals surface area (Å²) in [4.78, 5) is 2.10. The van der Waals surface area contributed by atoms with Gasteiger partial charge in [-0.1, -0.05) is 42.5 Å². The molecule has 0 saturated carbocycles. The molecule has 0 heterocycles. The molecule has 20 heavy (non-hydrogen) atoms. The summed E-state index contributed by atoms with van der Waals surface area (Å²) in [5.74, 6) is 0.272. The number of aromatic hydroxyl groups is 1. The third-order valence-corrected chi connectivity index (χ3v) is 3.12. The molecule has 2 rings (SSSR count). The van der Waals surface area contributed by atoms with E-state index in [2.05, 4.69) is 17.0 Å². The maximum atomic E-state index is 9.41. The van der Waals surface area contributed by atoms with Gasteiger partial charge in [0.15, 0.2) is 0 Å². The molecular weight excluding hydrogens is 250 g/mol. The number of rotatable bonds is 6. The molecular formula is C17H21NO2. The van der Waals surface area contributed by atoms with Crippen LogP contribution in [-0.4, -0.2) is 37.3 Å². The van der Waals surface area contributed by atoms with Crippen molar-refractivity contribution in [3.8, 4) is 5.75 Å². The Morgan fingerprint density at radius 3 is 2.15 bits per heavy atom. The van der Waals surface area contributed by atoms with Crippen molar-refractivity contribution in [1.29, 1.82) is 0 Å². The fourth-order valence-electron chi connectivity index (χ4n) is 2.01. The first-order valence-electron chi connectivity index (χ1n) is 6.77. The molecule has 2 aromatic carbocycles. The third kappa shape index (κ3) is 4.08. The van der Waals surface area contributed by atoms with Crippen LogP contribution >= 0.6 is 0 Å². The Bertz CT molecular complexity index is 508. The van der Waals surface area contributed by atoms with Crippen molar-refractivity contribution in [1.82, 2.24) is 4.90 Å². The van der Waals surface area contributed by atoms with E-state index >= 15 is 0 Å². The first-order chi connectivity index (χ1) is 9.66. The quantitative estimate of drug-likeness (QED) is 0.876.